The molecule has 0 bridgehead atoms. The Bertz CT molecular complexity index is 656. The van der Waals surface area contributed by atoms with Crippen LogP contribution in [0.3, 0.4) is 0 Å². The summed E-state index contributed by atoms with van der Waals surface area (Å²) in [7, 11) is 0. The van der Waals surface area contributed by atoms with Crippen LogP contribution in [0.25, 0.3) is 0 Å². The van der Waals surface area contributed by atoms with Crippen molar-refractivity contribution in [2.24, 2.45) is 5.73 Å². The molecule has 22 heavy (non-hydrogen) atoms. The fourth-order valence-electron chi connectivity index (χ4n) is 1.99. The van der Waals surface area contributed by atoms with Crippen LogP contribution in [0.5, 0.6) is 0 Å². The van der Waals surface area contributed by atoms with Crippen LogP contribution in [0.4, 0.5) is 4.39 Å². The molecule has 2 aromatic rings. The average Bonchev–Trinajstić information content (AvgIpc) is 2.78. The Kier molecular flexibility index (Phi) is 5.57. The summed E-state index contributed by atoms with van der Waals surface area (Å²) in [5.74, 6) is -0.730. The average molecular weight is 323 g/mol. The number of nitrogens with two attached hydrogens (primary N) is 1. The van der Waals surface area contributed by atoms with Gasteiger partial charge in [0.25, 0.3) is 0 Å². The Morgan fingerprint density at radius 2 is 2.09 bits per heavy atom. The van der Waals surface area contributed by atoms with Gasteiger partial charge in [0.2, 0.25) is 0 Å². The van der Waals surface area contributed by atoms with Crippen LogP contribution in [0.2, 0.25) is 0 Å². The van der Waals surface area contributed by atoms with E-state index in [4.69, 9.17) is 10.5 Å². The molecule has 0 atom stereocenters. The van der Waals surface area contributed by atoms with Crippen molar-refractivity contribution in [1.29, 1.82) is 0 Å². The zero-order valence-electron chi connectivity index (χ0n) is 12.5. The number of hydrogen-bond donors (Lipinski definition) is 1. The molecule has 0 saturated carbocycles. The van der Waals surface area contributed by atoms with Crippen molar-refractivity contribution in [3.63, 3.8) is 0 Å². The molecule has 2 rings (SSSR count). The van der Waals surface area contributed by atoms with Gasteiger partial charge in [0.1, 0.15) is 5.82 Å². The molecule has 0 spiro atoms. The molecule has 0 saturated heterocycles. The smallest absolute Gasteiger partial charge is 0.357 e. The summed E-state index contributed by atoms with van der Waals surface area (Å²) in [6, 6.07) is 6.08. The zero-order valence-corrected chi connectivity index (χ0v) is 13.3. The number of carbonyl (C=O) groups is 1. The summed E-state index contributed by atoms with van der Waals surface area (Å²) < 4.78 is 19.7. The van der Waals surface area contributed by atoms with Gasteiger partial charge in [-0.05, 0) is 38.1 Å². The first-order chi connectivity index (χ1) is 10.6. The Labute approximate surface area is 132 Å². The molecule has 0 aliphatic heterocycles. The molecule has 0 unspecified atom stereocenters. The molecule has 1 heterocycles. The minimum absolute atomic E-state index is 0.284. The van der Waals surface area contributed by atoms with E-state index in [1.807, 2.05) is 6.92 Å². The van der Waals surface area contributed by atoms with Gasteiger partial charge in [-0.15, -0.1) is 0 Å². The lowest BCUT2D eigenvalue weighted by Gasteiger charge is -2.08. The quantitative estimate of drug-likeness (QED) is 0.828. The highest BCUT2D eigenvalue weighted by Gasteiger charge is 2.23. The van der Waals surface area contributed by atoms with Crippen molar-refractivity contribution in [2.45, 2.75) is 30.2 Å². The van der Waals surface area contributed by atoms with Crippen molar-refractivity contribution in [2.75, 3.05) is 13.2 Å². The molecule has 2 N–H and O–H groups in total. The van der Waals surface area contributed by atoms with Gasteiger partial charge in [-0.2, -0.15) is 5.10 Å². The molecular weight excluding hydrogens is 305 g/mol. The van der Waals surface area contributed by atoms with Gasteiger partial charge in [-0.25, -0.2) is 9.18 Å². The highest BCUT2D eigenvalue weighted by atomic mass is 32.2. The highest BCUT2D eigenvalue weighted by Crippen LogP contribution is 2.33. The van der Waals surface area contributed by atoms with Gasteiger partial charge in [0.05, 0.1) is 23.7 Å². The fraction of sp³-hybridized carbons (Fsp3) is 0.333. The van der Waals surface area contributed by atoms with Gasteiger partial charge < -0.3 is 10.5 Å². The van der Waals surface area contributed by atoms with Crippen LogP contribution in [-0.2, 0) is 11.3 Å². The number of hydrogen-bond acceptors (Lipinski definition) is 5. The molecule has 5 nitrogen and oxygen atoms in total. The molecule has 1 aromatic carbocycles. The predicted octanol–water partition coefficient (Wildman–Crippen LogP) is 2.62. The maximum Gasteiger partial charge on any atom is 0.357 e. The molecule has 0 amide bonds. The molecule has 0 radical (unpaired) electrons. The number of rotatable bonds is 6. The maximum atomic E-state index is 13.0. The van der Waals surface area contributed by atoms with Crippen molar-refractivity contribution in [3.05, 3.63) is 41.5 Å². The highest BCUT2D eigenvalue weighted by molar-refractivity contribution is 7.99. The van der Waals surface area contributed by atoms with Gasteiger partial charge in [-0.3, -0.25) is 4.68 Å². The Morgan fingerprint density at radius 1 is 1.41 bits per heavy atom. The third kappa shape index (κ3) is 3.66. The second-order valence-electron chi connectivity index (χ2n) is 4.55. The predicted molar refractivity (Wildman–Crippen MR) is 82.5 cm³/mol. The monoisotopic (exact) mass is 323 g/mol. The molecule has 7 heteroatoms. The Morgan fingerprint density at radius 3 is 2.68 bits per heavy atom. The lowest BCUT2D eigenvalue weighted by atomic mass is 10.3. The number of ether oxygens (including phenoxy) is 1. The Balaban J connectivity index is 2.40. The second-order valence-corrected chi connectivity index (χ2v) is 5.64. The SMILES string of the molecule is CCOC(=O)c1c(Sc2ccc(F)cc2)c(C)nn1CCN. The van der Waals surface area contributed by atoms with E-state index in [9.17, 15) is 9.18 Å². The largest absolute Gasteiger partial charge is 0.461 e. The number of benzene rings is 1. The van der Waals surface area contributed by atoms with Gasteiger partial charge in [-0.1, -0.05) is 11.8 Å². The van der Waals surface area contributed by atoms with Gasteiger partial charge in [0, 0.05) is 11.4 Å². The van der Waals surface area contributed by atoms with E-state index in [0.29, 0.717) is 29.4 Å². The standard InChI is InChI=1S/C15H18FN3O2S/c1-3-21-15(20)13-14(10(2)18-19(13)9-8-17)22-12-6-4-11(16)5-7-12/h4-7H,3,8-9,17H2,1-2H3. The Hall–Kier alpha value is -1.86. The van der Waals surface area contributed by atoms with Crippen molar-refractivity contribution in [1.82, 2.24) is 9.78 Å². The lowest BCUT2D eigenvalue weighted by molar-refractivity contribution is 0.0507. The summed E-state index contributed by atoms with van der Waals surface area (Å²) in [6.45, 7) is 4.66. The van der Waals surface area contributed by atoms with E-state index < -0.39 is 5.97 Å². The molecule has 118 valence electrons. The second kappa shape index (κ2) is 7.42. The fourth-order valence-corrected chi connectivity index (χ4v) is 2.97. The van der Waals surface area contributed by atoms with E-state index in [-0.39, 0.29) is 12.4 Å². The minimum Gasteiger partial charge on any atom is -0.461 e. The zero-order chi connectivity index (χ0) is 16.1. The van der Waals surface area contributed by atoms with Gasteiger partial charge >= 0.3 is 5.97 Å². The number of halogens is 1. The lowest BCUT2D eigenvalue weighted by Crippen LogP contribution is -2.18. The summed E-state index contributed by atoms with van der Waals surface area (Å²) in [5.41, 5.74) is 6.67. The number of aromatic nitrogens is 2. The van der Waals surface area contributed by atoms with Crippen LogP contribution >= 0.6 is 11.8 Å². The van der Waals surface area contributed by atoms with E-state index in [0.717, 1.165) is 4.90 Å². The van der Waals surface area contributed by atoms with Crippen LogP contribution in [0.15, 0.2) is 34.1 Å². The summed E-state index contributed by atoms with van der Waals surface area (Å²) in [5, 5.41) is 4.36. The van der Waals surface area contributed by atoms with Gasteiger partial charge in [0.15, 0.2) is 5.69 Å². The van der Waals surface area contributed by atoms with Crippen LogP contribution in [0.1, 0.15) is 23.1 Å². The first-order valence-electron chi connectivity index (χ1n) is 6.94. The molecule has 0 aliphatic carbocycles. The van der Waals surface area contributed by atoms with E-state index in [1.54, 1.807) is 23.7 Å². The summed E-state index contributed by atoms with van der Waals surface area (Å²) >= 11 is 1.36. The molecule has 1 aromatic heterocycles. The third-order valence-electron chi connectivity index (χ3n) is 2.92. The van der Waals surface area contributed by atoms with Crippen LogP contribution in [-0.4, -0.2) is 28.9 Å². The summed E-state index contributed by atoms with van der Waals surface area (Å²) in [6.07, 6.45) is 0. The summed E-state index contributed by atoms with van der Waals surface area (Å²) in [4.78, 5) is 13.8. The third-order valence-corrected chi connectivity index (χ3v) is 4.12. The molecular formula is C15H18FN3O2S. The van der Waals surface area contributed by atoms with E-state index in [1.165, 1.54) is 23.9 Å². The van der Waals surface area contributed by atoms with E-state index in [2.05, 4.69) is 5.10 Å². The first-order valence-corrected chi connectivity index (χ1v) is 7.76. The van der Waals surface area contributed by atoms with Crippen molar-refractivity contribution < 1.29 is 13.9 Å². The number of nitrogens with zero attached hydrogens (tertiary/aromatic N) is 2. The number of carbonyl (C=O) groups excluding carboxylic acids is 1. The van der Waals surface area contributed by atoms with E-state index >= 15 is 0 Å². The molecule has 0 fully saturated rings. The number of aryl methyl sites for hydroxylation is 1. The van der Waals surface area contributed by atoms with Crippen molar-refractivity contribution in [3.8, 4) is 0 Å². The maximum absolute atomic E-state index is 13.0. The number of esters is 1. The van der Waals surface area contributed by atoms with Crippen molar-refractivity contribution >= 4 is 17.7 Å². The molecule has 0 aliphatic rings. The minimum atomic E-state index is -0.429. The normalized spacial score (nSPS) is 10.7. The first kappa shape index (κ1) is 16.5. The van der Waals surface area contributed by atoms with Crippen LogP contribution < -0.4 is 5.73 Å². The van der Waals surface area contributed by atoms with Crippen LogP contribution in [0, 0.1) is 12.7 Å². The topological polar surface area (TPSA) is 70.1 Å².